The Morgan fingerprint density at radius 1 is 1.33 bits per heavy atom. The summed E-state index contributed by atoms with van der Waals surface area (Å²) in [6.45, 7) is 2.52. The Morgan fingerprint density at radius 3 is 2.70 bits per heavy atom. The summed E-state index contributed by atoms with van der Waals surface area (Å²) >= 11 is 0. The van der Waals surface area contributed by atoms with Crippen molar-refractivity contribution in [3.63, 3.8) is 0 Å². The Labute approximate surface area is 156 Å². The van der Waals surface area contributed by atoms with Gasteiger partial charge >= 0.3 is 0 Å². The van der Waals surface area contributed by atoms with Gasteiger partial charge in [0, 0.05) is 25.6 Å². The Kier molecular flexibility index (Phi) is 6.84. The van der Waals surface area contributed by atoms with Gasteiger partial charge < -0.3 is 15.0 Å². The molecule has 0 unspecified atom stereocenters. The molecule has 2 aromatic rings. The van der Waals surface area contributed by atoms with Crippen molar-refractivity contribution in [2.45, 2.75) is 19.9 Å². The van der Waals surface area contributed by atoms with Crippen molar-refractivity contribution in [1.29, 1.82) is 0 Å². The van der Waals surface area contributed by atoms with Crippen LogP contribution in [0, 0.1) is 22.9 Å². The van der Waals surface area contributed by atoms with E-state index >= 15 is 0 Å². The maximum atomic E-state index is 13.7. The highest BCUT2D eigenvalue weighted by Gasteiger charge is 2.15. The molecule has 8 heteroatoms. The van der Waals surface area contributed by atoms with Gasteiger partial charge in [-0.1, -0.05) is 12.1 Å². The van der Waals surface area contributed by atoms with Crippen LogP contribution in [0.4, 0.5) is 15.8 Å². The Morgan fingerprint density at radius 2 is 2.07 bits per heavy atom. The van der Waals surface area contributed by atoms with E-state index in [0.29, 0.717) is 24.3 Å². The number of hydrogen-bond donors (Lipinski definition) is 1. The molecule has 27 heavy (non-hydrogen) atoms. The number of nitrogens with one attached hydrogen (secondary N) is 1. The molecular formula is C19H22FN3O4. The Balaban J connectivity index is 1.89. The first-order valence-electron chi connectivity index (χ1n) is 8.36. The first-order chi connectivity index (χ1) is 12.8. The molecule has 0 aliphatic carbocycles. The van der Waals surface area contributed by atoms with Gasteiger partial charge in [-0.3, -0.25) is 14.9 Å². The predicted octanol–water partition coefficient (Wildman–Crippen LogP) is 3.51. The van der Waals surface area contributed by atoms with Gasteiger partial charge in [0.05, 0.1) is 23.3 Å². The molecule has 1 N–H and O–H groups in total. The molecule has 144 valence electrons. The van der Waals surface area contributed by atoms with E-state index in [-0.39, 0.29) is 23.8 Å². The number of ether oxygens (including phenoxy) is 1. The lowest BCUT2D eigenvalue weighted by molar-refractivity contribution is -0.385. The standard InChI is InChI=1S/C19H22FN3O4/c1-13-16(5-4-6-17(13)23(25)26)21-19(24)9-10-22(2)12-14-7-8-18(27-3)15(20)11-14/h4-8,11H,9-10,12H2,1-3H3,(H,21,24). The molecule has 0 radical (unpaired) electrons. The molecule has 0 atom stereocenters. The summed E-state index contributed by atoms with van der Waals surface area (Å²) in [6, 6.07) is 9.30. The van der Waals surface area contributed by atoms with Gasteiger partial charge in [0.25, 0.3) is 5.69 Å². The number of amides is 1. The van der Waals surface area contributed by atoms with E-state index in [1.807, 2.05) is 11.9 Å². The predicted molar refractivity (Wildman–Crippen MR) is 100 cm³/mol. The third kappa shape index (κ3) is 5.49. The lowest BCUT2D eigenvalue weighted by Crippen LogP contribution is -2.24. The number of nitrogens with zero attached hydrogens (tertiary/aromatic N) is 2. The van der Waals surface area contributed by atoms with E-state index in [1.54, 1.807) is 25.1 Å². The second-order valence-electron chi connectivity index (χ2n) is 6.21. The maximum absolute atomic E-state index is 13.7. The Bertz CT molecular complexity index is 842. The van der Waals surface area contributed by atoms with Crippen molar-refractivity contribution < 1.29 is 18.8 Å². The third-order valence-electron chi connectivity index (χ3n) is 4.17. The highest BCUT2D eigenvalue weighted by atomic mass is 19.1. The van der Waals surface area contributed by atoms with E-state index in [9.17, 15) is 19.3 Å². The first-order valence-corrected chi connectivity index (χ1v) is 8.36. The number of methoxy groups -OCH3 is 1. The average molecular weight is 375 g/mol. The quantitative estimate of drug-likeness (QED) is 0.564. The normalized spacial score (nSPS) is 10.7. The zero-order valence-electron chi connectivity index (χ0n) is 15.5. The minimum absolute atomic E-state index is 0.0357. The van der Waals surface area contributed by atoms with Crippen LogP contribution in [0.5, 0.6) is 5.75 Å². The smallest absolute Gasteiger partial charge is 0.274 e. The molecule has 2 rings (SSSR count). The highest BCUT2D eigenvalue weighted by molar-refractivity contribution is 5.92. The number of benzene rings is 2. The first kappa shape index (κ1) is 20.3. The summed E-state index contributed by atoms with van der Waals surface area (Å²) in [7, 11) is 3.24. The van der Waals surface area contributed by atoms with Crippen LogP contribution in [0.2, 0.25) is 0 Å². The minimum atomic E-state index is -0.479. The van der Waals surface area contributed by atoms with E-state index in [2.05, 4.69) is 5.32 Å². The second kappa shape index (κ2) is 9.09. The fraction of sp³-hybridized carbons (Fsp3) is 0.316. The fourth-order valence-electron chi connectivity index (χ4n) is 2.66. The molecule has 2 aromatic carbocycles. The minimum Gasteiger partial charge on any atom is -0.494 e. The highest BCUT2D eigenvalue weighted by Crippen LogP contribution is 2.25. The number of nitro benzene ring substituents is 1. The molecule has 0 heterocycles. The van der Waals surface area contributed by atoms with E-state index in [4.69, 9.17) is 4.74 Å². The summed E-state index contributed by atoms with van der Waals surface area (Å²) in [6.07, 6.45) is 0.206. The third-order valence-corrected chi connectivity index (χ3v) is 4.17. The van der Waals surface area contributed by atoms with Gasteiger partial charge in [-0.05, 0) is 37.7 Å². The number of halogens is 1. The maximum Gasteiger partial charge on any atom is 0.274 e. The van der Waals surface area contributed by atoms with Crippen LogP contribution >= 0.6 is 0 Å². The average Bonchev–Trinajstić information content (AvgIpc) is 2.61. The zero-order chi connectivity index (χ0) is 20.0. The lowest BCUT2D eigenvalue weighted by Gasteiger charge is -2.17. The van der Waals surface area contributed by atoms with Gasteiger partial charge in [-0.25, -0.2) is 4.39 Å². The summed E-state index contributed by atoms with van der Waals surface area (Å²) in [5, 5.41) is 13.7. The van der Waals surface area contributed by atoms with Crippen LogP contribution in [-0.2, 0) is 11.3 Å². The van der Waals surface area contributed by atoms with E-state index in [0.717, 1.165) is 5.56 Å². The number of hydrogen-bond acceptors (Lipinski definition) is 5. The van der Waals surface area contributed by atoms with Crippen molar-refractivity contribution in [2.75, 3.05) is 26.0 Å². The summed E-state index contributed by atoms with van der Waals surface area (Å²) in [5.41, 5.74) is 1.57. The van der Waals surface area contributed by atoms with Crippen LogP contribution in [0.25, 0.3) is 0 Å². The van der Waals surface area contributed by atoms with Gasteiger partial charge in [0.2, 0.25) is 5.91 Å². The molecule has 0 aliphatic rings. The number of carbonyl (C=O) groups is 1. The van der Waals surface area contributed by atoms with Crippen LogP contribution in [0.1, 0.15) is 17.5 Å². The van der Waals surface area contributed by atoms with Crippen molar-refractivity contribution in [1.82, 2.24) is 4.90 Å². The summed E-state index contributed by atoms with van der Waals surface area (Å²) in [4.78, 5) is 24.5. The van der Waals surface area contributed by atoms with Crippen LogP contribution in [0.3, 0.4) is 0 Å². The molecule has 0 saturated heterocycles. The summed E-state index contributed by atoms with van der Waals surface area (Å²) in [5.74, 6) is -0.484. The molecule has 1 amide bonds. The van der Waals surface area contributed by atoms with Gasteiger partial charge in [-0.15, -0.1) is 0 Å². The largest absolute Gasteiger partial charge is 0.494 e. The van der Waals surface area contributed by atoms with Crippen molar-refractivity contribution in [3.8, 4) is 5.75 Å². The van der Waals surface area contributed by atoms with Crippen LogP contribution < -0.4 is 10.1 Å². The molecular weight excluding hydrogens is 353 g/mol. The van der Waals surface area contributed by atoms with Crippen LogP contribution in [-0.4, -0.2) is 36.4 Å². The van der Waals surface area contributed by atoms with Crippen molar-refractivity contribution >= 4 is 17.3 Å². The molecule has 0 fully saturated rings. The van der Waals surface area contributed by atoms with E-state index < -0.39 is 10.7 Å². The number of anilines is 1. The monoisotopic (exact) mass is 375 g/mol. The molecule has 0 saturated carbocycles. The van der Waals surface area contributed by atoms with E-state index in [1.165, 1.54) is 25.3 Å². The van der Waals surface area contributed by atoms with Crippen molar-refractivity contribution in [3.05, 3.63) is 63.5 Å². The molecule has 0 aromatic heterocycles. The SMILES string of the molecule is COc1ccc(CN(C)CCC(=O)Nc2cccc([N+](=O)[O-])c2C)cc1F. The van der Waals surface area contributed by atoms with Crippen LogP contribution in [0.15, 0.2) is 36.4 Å². The van der Waals surface area contributed by atoms with Gasteiger partial charge in [-0.2, -0.15) is 0 Å². The number of carbonyl (C=O) groups excluding carboxylic acids is 1. The second-order valence-corrected chi connectivity index (χ2v) is 6.21. The number of rotatable bonds is 8. The molecule has 0 bridgehead atoms. The molecule has 0 aliphatic heterocycles. The Hall–Kier alpha value is -3.00. The summed E-state index contributed by atoms with van der Waals surface area (Å²) < 4.78 is 18.6. The fourth-order valence-corrected chi connectivity index (χ4v) is 2.66. The number of nitro groups is 1. The van der Waals surface area contributed by atoms with Gasteiger partial charge in [0.1, 0.15) is 0 Å². The van der Waals surface area contributed by atoms with Crippen molar-refractivity contribution in [2.24, 2.45) is 0 Å². The zero-order valence-corrected chi connectivity index (χ0v) is 15.5. The molecule has 7 nitrogen and oxygen atoms in total. The lowest BCUT2D eigenvalue weighted by atomic mass is 10.1. The topological polar surface area (TPSA) is 84.7 Å². The molecule has 0 spiro atoms. The van der Waals surface area contributed by atoms with Gasteiger partial charge in [0.15, 0.2) is 11.6 Å².